The van der Waals surface area contributed by atoms with Gasteiger partial charge in [0.25, 0.3) is 5.91 Å². The van der Waals surface area contributed by atoms with E-state index < -0.39 is 0 Å². The van der Waals surface area contributed by atoms with Gasteiger partial charge in [0.2, 0.25) is 5.91 Å². The highest BCUT2D eigenvalue weighted by atomic mass is 32.1. The first-order valence-corrected chi connectivity index (χ1v) is 10.4. The molecule has 1 heterocycles. The van der Waals surface area contributed by atoms with Crippen molar-refractivity contribution in [3.05, 3.63) is 16.0 Å². The number of amides is 2. The Morgan fingerprint density at radius 3 is 2.68 bits per heavy atom. The highest BCUT2D eigenvalue weighted by Gasteiger charge is 2.33. The molecule has 0 bridgehead atoms. The fourth-order valence-corrected chi connectivity index (χ4v) is 4.65. The number of carbonyl (C=O) groups is 2. The molecule has 0 spiro atoms. The third kappa shape index (κ3) is 4.42. The summed E-state index contributed by atoms with van der Waals surface area (Å²) >= 11 is 1.60. The van der Waals surface area contributed by atoms with Crippen LogP contribution in [0.1, 0.15) is 66.8 Å². The average molecular weight is 364 g/mol. The van der Waals surface area contributed by atoms with Gasteiger partial charge in [-0.15, -0.1) is 11.3 Å². The molecule has 5 nitrogen and oxygen atoms in total. The van der Waals surface area contributed by atoms with E-state index in [1.165, 1.54) is 4.88 Å². The number of likely N-dealkylation sites (N-methyl/N-ethyl adjacent to an activating group) is 1. The van der Waals surface area contributed by atoms with Gasteiger partial charge in [-0.25, -0.2) is 0 Å². The summed E-state index contributed by atoms with van der Waals surface area (Å²) in [4.78, 5) is 26.3. The molecule has 0 radical (unpaired) electrons. The summed E-state index contributed by atoms with van der Waals surface area (Å²) in [5.74, 6) is 0.184. The van der Waals surface area contributed by atoms with Crippen molar-refractivity contribution in [1.29, 1.82) is 0 Å². The molecule has 3 N–H and O–H groups in total. The van der Waals surface area contributed by atoms with E-state index in [1.807, 2.05) is 0 Å². The summed E-state index contributed by atoms with van der Waals surface area (Å²) in [7, 11) is 0. The summed E-state index contributed by atoms with van der Waals surface area (Å²) < 4.78 is 0. The zero-order valence-corrected chi connectivity index (χ0v) is 16.1. The van der Waals surface area contributed by atoms with Crippen LogP contribution in [0.5, 0.6) is 0 Å². The van der Waals surface area contributed by atoms with Gasteiger partial charge in [0.05, 0.1) is 5.56 Å². The summed E-state index contributed by atoms with van der Waals surface area (Å²) in [5, 5.41) is 10.3. The number of rotatable bonds is 8. The van der Waals surface area contributed by atoms with Crippen LogP contribution in [-0.4, -0.2) is 30.9 Å². The maximum Gasteiger partial charge on any atom is 0.254 e. The third-order valence-electron chi connectivity index (χ3n) is 4.98. The molecule has 1 aromatic heterocycles. The minimum Gasteiger partial charge on any atom is -0.352 e. The summed E-state index contributed by atoms with van der Waals surface area (Å²) in [5.41, 5.74) is 1.86. The Kier molecular flexibility index (Phi) is 6.12. The number of thiophene rings is 1. The lowest BCUT2D eigenvalue weighted by atomic mass is 9.91. The molecule has 6 heteroatoms. The van der Waals surface area contributed by atoms with Gasteiger partial charge >= 0.3 is 0 Å². The number of aryl methyl sites for hydroxylation is 1. The number of nitrogens with one attached hydrogen (secondary N) is 3. The smallest absolute Gasteiger partial charge is 0.254 e. The van der Waals surface area contributed by atoms with E-state index in [1.54, 1.807) is 11.3 Å². The highest BCUT2D eigenvalue weighted by molar-refractivity contribution is 7.17. The van der Waals surface area contributed by atoms with E-state index in [0.717, 1.165) is 62.1 Å². The number of unbranched alkanes of at least 4 members (excludes halogenated alkanes) is 1. The van der Waals surface area contributed by atoms with Crippen LogP contribution in [0.15, 0.2) is 0 Å². The van der Waals surface area contributed by atoms with Gasteiger partial charge in [-0.1, -0.05) is 20.3 Å². The van der Waals surface area contributed by atoms with Crippen LogP contribution >= 0.6 is 11.3 Å². The van der Waals surface area contributed by atoms with Gasteiger partial charge in [0.1, 0.15) is 5.00 Å². The second kappa shape index (κ2) is 8.32. The highest BCUT2D eigenvalue weighted by Crippen LogP contribution is 2.39. The number of fused-ring (bicyclic) bond motifs is 1. The minimum absolute atomic E-state index is 0.0332. The Balaban J connectivity index is 1.83. The first-order chi connectivity index (χ1) is 12.1. The number of hydrogen-bond donors (Lipinski definition) is 3. The number of hydrogen-bond acceptors (Lipinski definition) is 4. The molecule has 1 atom stereocenters. The van der Waals surface area contributed by atoms with E-state index in [0.29, 0.717) is 18.2 Å². The second-order valence-corrected chi connectivity index (χ2v) is 8.18. The molecule has 138 valence electrons. The molecule has 25 heavy (non-hydrogen) atoms. The number of carbonyl (C=O) groups excluding carboxylic acids is 2. The fourth-order valence-electron chi connectivity index (χ4n) is 3.40. The van der Waals surface area contributed by atoms with E-state index in [4.69, 9.17) is 0 Å². The normalized spacial score (nSPS) is 19.4. The van der Waals surface area contributed by atoms with Crippen molar-refractivity contribution < 1.29 is 9.59 Å². The molecule has 1 aromatic rings. The fraction of sp³-hybridized carbons (Fsp3) is 0.684. The van der Waals surface area contributed by atoms with Crippen molar-refractivity contribution >= 4 is 28.2 Å². The van der Waals surface area contributed by atoms with Crippen LogP contribution in [0.2, 0.25) is 0 Å². The topological polar surface area (TPSA) is 70.2 Å². The van der Waals surface area contributed by atoms with Gasteiger partial charge in [-0.3, -0.25) is 9.59 Å². The summed E-state index contributed by atoms with van der Waals surface area (Å²) in [6.07, 6.45) is 6.91. The molecule has 1 saturated carbocycles. The molecule has 3 rings (SSSR count). The van der Waals surface area contributed by atoms with Crippen LogP contribution in [0.25, 0.3) is 0 Å². The minimum atomic E-state index is -0.0332. The Morgan fingerprint density at radius 1 is 1.20 bits per heavy atom. The lowest BCUT2D eigenvalue weighted by Gasteiger charge is -2.23. The van der Waals surface area contributed by atoms with Gasteiger partial charge in [0.15, 0.2) is 0 Å². The zero-order valence-electron chi connectivity index (χ0n) is 15.2. The third-order valence-corrected chi connectivity index (χ3v) is 6.19. The summed E-state index contributed by atoms with van der Waals surface area (Å²) in [6.45, 7) is 5.85. The van der Waals surface area contributed by atoms with Crippen molar-refractivity contribution in [1.82, 2.24) is 10.6 Å². The summed E-state index contributed by atoms with van der Waals surface area (Å²) in [6, 6.07) is 0.418. The SMILES string of the molecule is CCCCNC(=O)c1c(NC(=O)C2CC2)sc2c1CC(NCC)CC2. The zero-order chi connectivity index (χ0) is 17.8. The lowest BCUT2D eigenvalue weighted by molar-refractivity contribution is -0.117. The molecule has 1 unspecified atom stereocenters. The molecule has 1 fully saturated rings. The van der Waals surface area contributed by atoms with Gasteiger partial charge < -0.3 is 16.0 Å². The number of anilines is 1. The predicted molar refractivity (Wildman–Crippen MR) is 102 cm³/mol. The predicted octanol–water partition coefficient (Wildman–Crippen LogP) is 3.09. The monoisotopic (exact) mass is 363 g/mol. The average Bonchev–Trinajstić information content (AvgIpc) is 3.38. The van der Waals surface area contributed by atoms with Crippen LogP contribution in [-0.2, 0) is 17.6 Å². The van der Waals surface area contributed by atoms with E-state index >= 15 is 0 Å². The maximum absolute atomic E-state index is 12.8. The van der Waals surface area contributed by atoms with Crippen LogP contribution in [0, 0.1) is 5.92 Å². The molecule has 0 aliphatic heterocycles. The molecular weight excluding hydrogens is 334 g/mol. The molecular formula is C19H29N3O2S. The van der Waals surface area contributed by atoms with Crippen LogP contribution < -0.4 is 16.0 Å². The first-order valence-electron chi connectivity index (χ1n) is 9.61. The lowest BCUT2D eigenvalue weighted by Crippen LogP contribution is -2.35. The first kappa shape index (κ1) is 18.4. The van der Waals surface area contributed by atoms with Crippen molar-refractivity contribution in [3.63, 3.8) is 0 Å². The van der Waals surface area contributed by atoms with Crippen LogP contribution in [0.4, 0.5) is 5.00 Å². The van der Waals surface area contributed by atoms with E-state index in [2.05, 4.69) is 29.8 Å². The molecule has 0 aromatic carbocycles. The molecule has 2 amide bonds. The van der Waals surface area contributed by atoms with E-state index in [9.17, 15) is 9.59 Å². The Labute approximate surface area is 154 Å². The van der Waals surface area contributed by atoms with Crippen LogP contribution in [0.3, 0.4) is 0 Å². The van der Waals surface area contributed by atoms with Crippen molar-refractivity contribution in [2.75, 3.05) is 18.4 Å². The Morgan fingerprint density at radius 2 is 2.00 bits per heavy atom. The standard InChI is InChI=1S/C19H29N3O2S/c1-3-5-10-21-18(24)16-14-11-13(20-4-2)8-9-15(14)25-19(16)22-17(23)12-6-7-12/h12-13,20H,3-11H2,1-2H3,(H,21,24)(H,22,23). The van der Waals surface area contributed by atoms with Crippen molar-refractivity contribution in [2.45, 2.75) is 64.8 Å². The largest absolute Gasteiger partial charge is 0.352 e. The van der Waals surface area contributed by atoms with Crippen molar-refractivity contribution in [2.24, 2.45) is 5.92 Å². The van der Waals surface area contributed by atoms with Gasteiger partial charge in [-0.2, -0.15) is 0 Å². The second-order valence-electron chi connectivity index (χ2n) is 7.08. The Hall–Kier alpha value is -1.40. The molecule has 2 aliphatic rings. The van der Waals surface area contributed by atoms with Crippen molar-refractivity contribution in [3.8, 4) is 0 Å². The quantitative estimate of drug-likeness (QED) is 0.622. The maximum atomic E-state index is 12.8. The van der Waals surface area contributed by atoms with Gasteiger partial charge in [0, 0.05) is 23.4 Å². The molecule has 0 saturated heterocycles. The van der Waals surface area contributed by atoms with Gasteiger partial charge in [-0.05, 0) is 50.6 Å². The Bertz CT molecular complexity index is 637. The molecule has 2 aliphatic carbocycles. The van der Waals surface area contributed by atoms with E-state index in [-0.39, 0.29) is 17.7 Å².